The molecule has 1 aliphatic rings. The molecule has 154 valence electrons. The first-order valence-corrected chi connectivity index (χ1v) is 10.1. The van der Waals surface area contributed by atoms with Crippen molar-refractivity contribution in [2.24, 2.45) is 0 Å². The van der Waals surface area contributed by atoms with Crippen LogP contribution < -0.4 is 10.1 Å². The lowest BCUT2D eigenvalue weighted by atomic mass is 9.94. The van der Waals surface area contributed by atoms with Crippen LogP contribution in [0.25, 0.3) is 0 Å². The SMILES string of the molecule is O=C(Nc1ccc(OC(=O)C2(c3cccc(C(F)(F)F)c3)CC2)cc1)c1ccsc1. The van der Waals surface area contributed by atoms with E-state index >= 15 is 0 Å². The van der Waals surface area contributed by atoms with Crippen LogP contribution >= 0.6 is 11.3 Å². The predicted octanol–water partition coefficient (Wildman–Crippen LogP) is 5.66. The van der Waals surface area contributed by atoms with Gasteiger partial charge in [-0.3, -0.25) is 9.59 Å². The van der Waals surface area contributed by atoms with Gasteiger partial charge in [0.1, 0.15) is 5.75 Å². The number of amides is 1. The van der Waals surface area contributed by atoms with E-state index in [0.717, 1.165) is 12.1 Å². The third-order valence-corrected chi connectivity index (χ3v) is 5.67. The van der Waals surface area contributed by atoms with Gasteiger partial charge in [-0.1, -0.05) is 18.2 Å². The summed E-state index contributed by atoms with van der Waals surface area (Å²) in [6.07, 6.45) is -3.61. The molecule has 1 amide bonds. The van der Waals surface area contributed by atoms with E-state index in [2.05, 4.69) is 5.32 Å². The van der Waals surface area contributed by atoms with Crippen LogP contribution in [-0.2, 0) is 16.4 Å². The Labute approximate surface area is 174 Å². The fourth-order valence-corrected chi connectivity index (χ4v) is 3.77. The third-order valence-electron chi connectivity index (χ3n) is 4.99. The van der Waals surface area contributed by atoms with Crippen molar-refractivity contribution < 1.29 is 27.5 Å². The maximum absolute atomic E-state index is 13.0. The first kappa shape index (κ1) is 20.2. The van der Waals surface area contributed by atoms with Crippen molar-refractivity contribution in [3.8, 4) is 5.75 Å². The molecule has 0 radical (unpaired) electrons. The van der Waals surface area contributed by atoms with Crippen molar-refractivity contribution >= 4 is 28.9 Å². The first-order chi connectivity index (χ1) is 14.3. The Morgan fingerprint density at radius 1 is 1.03 bits per heavy atom. The lowest BCUT2D eigenvalue weighted by Gasteiger charge is -2.16. The fraction of sp³-hybridized carbons (Fsp3) is 0.182. The smallest absolute Gasteiger partial charge is 0.416 e. The number of rotatable bonds is 5. The monoisotopic (exact) mass is 431 g/mol. The molecule has 3 aromatic rings. The van der Waals surface area contributed by atoms with Crippen molar-refractivity contribution in [3.05, 3.63) is 82.0 Å². The van der Waals surface area contributed by atoms with Crippen LogP contribution in [0, 0.1) is 0 Å². The molecule has 0 saturated heterocycles. The minimum atomic E-state index is -4.47. The number of esters is 1. The Hall–Kier alpha value is -3.13. The lowest BCUT2D eigenvalue weighted by molar-refractivity contribution is -0.139. The van der Waals surface area contributed by atoms with Crippen LogP contribution in [0.4, 0.5) is 18.9 Å². The minimum Gasteiger partial charge on any atom is -0.426 e. The zero-order valence-electron chi connectivity index (χ0n) is 15.5. The highest BCUT2D eigenvalue weighted by Crippen LogP contribution is 2.50. The van der Waals surface area contributed by atoms with Gasteiger partial charge in [0.15, 0.2) is 0 Å². The Morgan fingerprint density at radius 2 is 1.77 bits per heavy atom. The Bertz CT molecular complexity index is 1070. The Kier molecular flexibility index (Phi) is 5.11. The summed E-state index contributed by atoms with van der Waals surface area (Å²) in [7, 11) is 0. The topological polar surface area (TPSA) is 55.4 Å². The molecule has 4 nitrogen and oxygen atoms in total. The number of hydrogen-bond acceptors (Lipinski definition) is 4. The number of anilines is 1. The molecule has 30 heavy (non-hydrogen) atoms. The highest BCUT2D eigenvalue weighted by molar-refractivity contribution is 7.08. The second kappa shape index (κ2) is 7.60. The van der Waals surface area contributed by atoms with Crippen LogP contribution in [-0.4, -0.2) is 11.9 Å². The molecule has 1 N–H and O–H groups in total. The molecule has 0 unspecified atom stereocenters. The molecule has 4 rings (SSSR count). The second-order valence-corrected chi connectivity index (χ2v) is 7.82. The number of nitrogens with one attached hydrogen (secondary N) is 1. The summed E-state index contributed by atoms with van der Waals surface area (Å²) in [4.78, 5) is 24.8. The summed E-state index contributed by atoms with van der Waals surface area (Å²) in [6, 6.07) is 12.8. The van der Waals surface area contributed by atoms with E-state index in [1.807, 2.05) is 0 Å². The number of benzene rings is 2. The molecule has 1 fully saturated rings. The van der Waals surface area contributed by atoms with Crippen molar-refractivity contribution in [2.75, 3.05) is 5.32 Å². The fourth-order valence-electron chi connectivity index (χ4n) is 3.14. The zero-order chi connectivity index (χ0) is 21.4. The van der Waals surface area contributed by atoms with Gasteiger partial charge in [-0.05, 0) is 60.2 Å². The van der Waals surface area contributed by atoms with Crippen molar-refractivity contribution in [1.82, 2.24) is 0 Å². The molecule has 0 aliphatic heterocycles. The van der Waals surface area contributed by atoms with E-state index in [4.69, 9.17) is 4.74 Å². The number of carbonyl (C=O) groups excluding carboxylic acids is 2. The molecule has 2 aromatic carbocycles. The molecule has 1 aliphatic carbocycles. The van der Waals surface area contributed by atoms with Crippen molar-refractivity contribution in [1.29, 1.82) is 0 Å². The normalized spacial score (nSPS) is 14.8. The summed E-state index contributed by atoms with van der Waals surface area (Å²) in [5.41, 5.74) is -0.448. The molecule has 8 heteroatoms. The second-order valence-electron chi connectivity index (χ2n) is 7.04. The number of hydrogen-bond donors (Lipinski definition) is 1. The molecule has 1 aromatic heterocycles. The van der Waals surface area contributed by atoms with Crippen LogP contribution in [0.2, 0.25) is 0 Å². The number of halogens is 3. The predicted molar refractivity (Wildman–Crippen MR) is 107 cm³/mol. The standard InChI is InChI=1S/C22H16F3NO3S/c23-22(24,25)16-3-1-2-15(12-16)21(9-10-21)20(28)29-18-6-4-17(5-7-18)26-19(27)14-8-11-30-13-14/h1-8,11-13H,9-10H2,(H,26,27). The lowest BCUT2D eigenvalue weighted by Crippen LogP contribution is -2.26. The van der Waals surface area contributed by atoms with Crippen LogP contribution in [0.1, 0.15) is 34.3 Å². The van der Waals surface area contributed by atoms with E-state index in [1.54, 1.807) is 29.0 Å². The highest BCUT2D eigenvalue weighted by Gasteiger charge is 2.53. The summed E-state index contributed by atoms with van der Waals surface area (Å²) < 4.78 is 44.4. The average molecular weight is 431 g/mol. The summed E-state index contributed by atoms with van der Waals surface area (Å²) in [6.45, 7) is 0. The van der Waals surface area contributed by atoms with Crippen molar-refractivity contribution in [3.63, 3.8) is 0 Å². The number of ether oxygens (including phenoxy) is 1. The van der Waals surface area contributed by atoms with Crippen molar-refractivity contribution in [2.45, 2.75) is 24.4 Å². The average Bonchev–Trinajstić information content (AvgIpc) is 3.35. The zero-order valence-corrected chi connectivity index (χ0v) is 16.3. The van der Waals surface area contributed by atoms with Crippen LogP contribution in [0.3, 0.4) is 0 Å². The maximum atomic E-state index is 13.0. The summed E-state index contributed by atoms with van der Waals surface area (Å²) in [5.74, 6) is -0.578. The first-order valence-electron chi connectivity index (χ1n) is 9.12. The quantitative estimate of drug-likeness (QED) is 0.419. The van der Waals surface area contributed by atoms with Gasteiger partial charge in [-0.15, -0.1) is 0 Å². The molecular formula is C22H16F3NO3S. The molecule has 0 bridgehead atoms. The molecule has 0 atom stereocenters. The molecule has 0 spiro atoms. The number of carbonyl (C=O) groups is 2. The van der Waals surface area contributed by atoms with Crippen LogP contribution in [0.15, 0.2) is 65.4 Å². The molecule has 1 saturated carbocycles. The number of thiophene rings is 1. The van der Waals surface area contributed by atoms with Gasteiger partial charge < -0.3 is 10.1 Å². The van der Waals surface area contributed by atoms with E-state index in [1.165, 1.54) is 35.6 Å². The van der Waals surface area contributed by atoms with E-state index < -0.39 is 23.1 Å². The summed E-state index contributed by atoms with van der Waals surface area (Å²) in [5, 5.41) is 6.27. The summed E-state index contributed by atoms with van der Waals surface area (Å²) >= 11 is 1.42. The van der Waals surface area contributed by atoms with Gasteiger partial charge in [-0.25, -0.2) is 0 Å². The van der Waals surface area contributed by atoms with Gasteiger partial charge in [0.05, 0.1) is 16.5 Å². The Morgan fingerprint density at radius 3 is 2.37 bits per heavy atom. The van der Waals surface area contributed by atoms with Gasteiger partial charge >= 0.3 is 12.1 Å². The highest BCUT2D eigenvalue weighted by atomic mass is 32.1. The van der Waals surface area contributed by atoms with Gasteiger partial charge in [0.2, 0.25) is 0 Å². The maximum Gasteiger partial charge on any atom is 0.416 e. The van der Waals surface area contributed by atoms with Gasteiger partial charge in [0, 0.05) is 11.1 Å². The van der Waals surface area contributed by atoms with E-state index in [9.17, 15) is 22.8 Å². The van der Waals surface area contributed by atoms with Crippen LogP contribution in [0.5, 0.6) is 5.75 Å². The Balaban J connectivity index is 1.44. The van der Waals surface area contributed by atoms with Gasteiger partial charge in [-0.2, -0.15) is 24.5 Å². The van der Waals surface area contributed by atoms with E-state index in [-0.39, 0.29) is 11.7 Å². The van der Waals surface area contributed by atoms with E-state index in [0.29, 0.717) is 29.7 Å². The van der Waals surface area contributed by atoms with Gasteiger partial charge in [0.25, 0.3) is 5.91 Å². The largest absolute Gasteiger partial charge is 0.426 e. The molecular weight excluding hydrogens is 415 g/mol. The number of alkyl halides is 3. The third kappa shape index (κ3) is 4.09. The minimum absolute atomic E-state index is 0.248. The molecule has 1 heterocycles.